The fraction of sp³-hybridized carbons (Fsp3) is 0.364. The quantitative estimate of drug-likeness (QED) is 0.357. The van der Waals surface area contributed by atoms with Crippen molar-refractivity contribution in [1.29, 1.82) is 0 Å². The lowest BCUT2D eigenvalue weighted by Crippen LogP contribution is -2.01. The Kier molecular flexibility index (Phi) is 4.53. The summed E-state index contributed by atoms with van der Waals surface area (Å²) in [6.45, 7) is 1.99. The van der Waals surface area contributed by atoms with Gasteiger partial charge in [0.2, 0.25) is 0 Å². The summed E-state index contributed by atoms with van der Waals surface area (Å²) in [6.07, 6.45) is 3.59. The van der Waals surface area contributed by atoms with Gasteiger partial charge in [0.25, 0.3) is 0 Å². The third-order valence-corrected chi connectivity index (χ3v) is 2.86. The SMILES string of the molecule is CC/C(Cc1ccc(SC)cc1)=N/O. The van der Waals surface area contributed by atoms with Crippen molar-refractivity contribution in [3.8, 4) is 0 Å². The summed E-state index contributed by atoms with van der Waals surface area (Å²) in [6, 6.07) is 8.33. The first-order valence-electron chi connectivity index (χ1n) is 4.63. The third-order valence-electron chi connectivity index (χ3n) is 2.12. The van der Waals surface area contributed by atoms with Crippen LogP contribution in [0.4, 0.5) is 0 Å². The van der Waals surface area contributed by atoms with Crippen LogP contribution in [0.25, 0.3) is 0 Å². The van der Waals surface area contributed by atoms with Crippen LogP contribution in [0.2, 0.25) is 0 Å². The van der Waals surface area contributed by atoms with E-state index in [1.807, 2.05) is 6.92 Å². The molecule has 0 aliphatic heterocycles. The standard InChI is InChI=1S/C11H15NOS/c1-3-10(12-13)8-9-4-6-11(14-2)7-5-9/h4-7,13H,3,8H2,1-2H3/b12-10-. The van der Waals surface area contributed by atoms with Gasteiger partial charge in [-0.3, -0.25) is 0 Å². The molecule has 0 aliphatic carbocycles. The summed E-state index contributed by atoms with van der Waals surface area (Å²) < 4.78 is 0. The zero-order valence-corrected chi connectivity index (χ0v) is 9.34. The van der Waals surface area contributed by atoms with Crippen LogP contribution in [0.5, 0.6) is 0 Å². The van der Waals surface area contributed by atoms with E-state index in [0.717, 1.165) is 18.6 Å². The molecule has 0 aromatic heterocycles. The van der Waals surface area contributed by atoms with Gasteiger partial charge < -0.3 is 5.21 Å². The molecule has 1 rings (SSSR count). The lowest BCUT2D eigenvalue weighted by Gasteiger charge is -2.02. The Morgan fingerprint density at radius 2 is 2.00 bits per heavy atom. The maximum absolute atomic E-state index is 8.67. The van der Waals surface area contributed by atoms with E-state index >= 15 is 0 Å². The van der Waals surface area contributed by atoms with Crippen molar-refractivity contribution >= 4 is 17.5 Å². The molecule has 0 saturated heterocycles. The fourth-order valence-corrected chi connectivity index (χ4v) is 1.62. The summed E-state index contributed by atoms with van der Waals surface area (Å²) in [7, 11) is 0. The molecule has 0 bridgehead atoms. The van der Waals surface area contributed by atoms with Crippen molar-refractivity contribution < 1.29 is 5.21 Å². The number of oxime groups is 1. The summed E-state index contributed by atoms with van der Waals surface area (Å²) in [5, 5.41) is 11.9. The molecule has 0 atom stereocenters. The minimum Gasteiger partial charge on any atom is -0.411 e. The molecule has 0 aliphatic rings. The number of thioether (sulfide) groups is 1. The molecule has 2 nitrogen and oxygen atoms in total. The molecule has 0 fully saturated rings. The molecular weight excluding hydrogens is 194 g/mol. The van der Waals surface area contributed by atoms with Gasteiger partial charge in [-0.25, -0.2) is 0 Å². The Morgan fingerprint density at radius 1 is 1.36 bits per heavy atom. The average molecular weight is 209 g/mol. The van der Waals surface area contributed by atoms with E-state index in [1.165, 1.54) is 10.5 Å². The second kappa shape index (κ2) is 5.70. The molecule has 3 heteroatoms. The molecule has 0 saturated carbocycles. The molecule has 76 valence electrons. The molecule has 0 radical (unpaired) electrons. The molecule has 0 heterocycles. The van der Waals surface area contributed by atoms with Gasteiger partial charge in [-0.2, -0.15) is 0 Å². The summed E-state index contributed by atoms with van der Waals surface area (Å²) in [5.41, 5.74) is 2.01. The number of rotatable bonds is 4. The van der Waals surface area contributed by atoms with Crippen molar-refractivity contribution in [3.63, 3.8) is 0 Å². The monoisotopic (exact) mass is 209 g/mol. The average Bonchev–Trinajstić information content (AvgIpc) is 2.26. The van der Waals surface area contributed by atoms with E-state index in [1.54, 1.807) is 11.8 Å². The van der Waals surface area contributed by atoms with Crippen LogP contribution in [-0.2, 0) is 6.42 Å². The Hall–Kier alpha value is -0.960. The van der Waals surface area contributed by atoms with Crippen LogP contribution in [0.3, 0.4) is 0 Å². The lowest BCUT2D eigenvalue weighted by molar-refractivity contribution is 0.317. The molecule has 14 heavy (non-hydrogen) atoms. The van der Waals surface area contributed by atoms with E-state index < -0.39 is 0 Å². The van der Waals surface area contributed by atoms with E-state index in [0.29, 0.717) is 0 Å². The van der Waals surface area contributed by atoms with Crippen LogP contribution in [0, 0.1) is 0 Å². The van der Waals surface area contributed by atoms with Gasteiger partial charge in [0.15, 0.2) is 0 Å². The minimum absolute atomic E-state index is 0.738. The predicted octanol–water partition coefficient (Wildman–Crippen LogP) is 3.19. The van der Waals surface area contributed by atoms with Crippen LogP contribution in [-0.4, -0.2) is 17.2 Å². The minimum atomic E-state index is 0.738. The van der Waals surface area contributed by atoms with Crippen LogP contribution in [0.1, 0.15) is 18.9 Å². The first-order valence-corrected chi connectivity index (χ1v) is 5.85. The zero-order chi connectivity index (χ0) is 10.4. The lowest BCUT2D eigenvalue weighted by atomic mass is 10.1. The molecular formula is C11H15NOS. The van der Waals surface area contributed by atoms with Gasteiger partial charge in [-0.05, 0) is 30.4 Å². The molecule has 1 aromatic carbocycles. The molecule has 0 unspecified atom stereocenters. The van der Waals surface area contributed by atoms with E-state index in [2.05, 4.69) is 35.7 Å². The number of nitrogens with zero attached hydrogens (tertiary/aromatic N) is 1. The van der Waals surface area contributed by atoms with Crippen LogP contribution in [0.15, 0.2) is 34.3 Å². The van der Waals surface area contributed by atoms with E-state index in [9.17, 15) is 0 Å². The Balaban J connectivity index is 2.68. The predicted molar refractivity (Wildman–Crippen MR) is 61.4 cm³/mol. The van der Waals surface area contributed by atoms with E-state index in [4.69, 9.17) is 5.21 Å². The smallest absolute Gasteiger partial charge is 0.0611 e. The van der Waals surface area contributed by atoms with Gasteiger partial charge in [0.1, 0.15) is 0 Å². The Morgan fingerprint density at radius 3 is 2.43 bits per heavy atom. The molecule has 0 amide bonds. The van der Waals surface area contributed by atoms with Crippen molar-refractivity contribution in [2.45, 2.75) is 24.7 Å². The van der Waals surface area contributed by atoms with Gasteiger partial charge >= 0.3 is 0 Å². The van der Waals surface area contributed by atoms with Crippen LogP contribution >= 0.6 is 11.8 Å². The van der Waals surface area contributed by atoms with Gasteiger partial charge in [0, 0.05) is 11.3 Å². The van der Waals surface area contributed by atoms with Gasteiger partial charge in [0.05, 0.1) is 5.71 Å². The van der Waals surface area contributed by atoms with Gasteiger partial charge in [-0.15, -0.1) is 11.8 Å². The highest BCUT2D eigenvalue weighted by atomic mass is 32.2. The van der Waals surface area contributed by atoms with Crippen molar-refractivity contribution in [3.05, 3.63) is 29.8 Å². The number of hydrogen-bond acceptors (Lipinski definition) is 3. The topological polar surface area (TPSA) is 32.6 Å². The summed E-state index contributed by atoms with van der Waals surface area (Å²) >= 11 is 1.73. The second-order valence-electron chi connectivity index (χ2n) is 3.04. The van der Waals surface area contributed by atoms with Crippen molar-refractivity contribution in [2.24, 2.45) is 5.16 Å². The molecule has 1 aromatic rings. The normalized spacial score (nSPS) is 11.7. The molecule has 0 spiro atoms. The maximum atomic E-state index is 8.67. The largest absolute Gasteiger partial charge is 0.411 e. The zero-order valence-electron chi connectivity index (χ0n) is 8.53. The highest BCUT2D eigenvalue weighted by Gasteiger charge is 1.99. The first-order chi connectivity index (χ1) is 6.80. The van der Waals surface area contributed by atoms with Gasteiger partial charge in [-0.1, -0.05) is 24.2 Å². The third kappa shape index (κ3) is 3.07. The maximum Gasteiger partial charge on any atom is 0.0611 e. The Bertz CT molecular complexity index is 306. The number of hydrogen-bond donors (Lipinski definition) is 1. The molecule has 1 N–H and O–H groups in total. The first kappa shape index (κ1) is 11.1. The number of benzene rings is 1. The van der Waals surface area contributed by atoms with E-state index in [-0.39, 0.29) is 0 Å². The van der Waals surface area contributed by atoms with Crippen LogP contribution < -0.4 is 0 Å². The highest BCUT2D eigenvalue weighted by molar-refractivity contribution is 7.98. The second-order valence-corrected chi connectivity index (χ2v) is 3.92. The summed E-state index contributed by atoms with van der Waals surface area (Å²) in [4.78, 5) is 1.26. The highest BCUT2D eigenvalue weighted by Crippen LogP contribution is 2.15. The fourth-order valence-electron chi connectivity index (χ4n) is 1.21. The summed E-state index contributed by atoms with van der Waals surface area (Å²) in [5.74, 6) is 0. The van der Waals surface area contributed by atoms with Crippen molar-refractivity contribution in [1.82, 2.24) is 0 Å². The van der Waals surface area contributed by atoms with Crippen molar-refractivity contribution in [2.75, 3.05) is 6.26 Å². The Labute approximate surface area is 89.0 Å².